The summed E-state index contributed by atoms with van der Waals surface area (Å²) in [5, 5.41) is 4.15. The van der Waals surface area contributed by atoms with E-state index < -0.39 is 0 Å². The molecule has 2 saturated carbocycles. The molecule has 4 heteroatoms. The molecule has 0 bridgehead atoms. The van der Waals surface area contributed by atoms with Crippen LogP contribution in [0.1, 0.15) is 44.9 Å². The van der Waals surface area contributed by atoms with Crippen LogP contribution in [0.2, 0.25) is 0 Å². The average molecular weight is 285 g/mol. The van der Waals surface area contributed by atoms with Crippen molar-refractivity contribution >= 4 is 11.8 Å². The fraction of sp³-hybridized carbons (Fsp3) is 1.00. The molecule has 1 heterocycles. The van der Waals surface area contributed by atoms with Crippen molar-refractivity contribution in [2.45, 2.75) is 62.0 Å². The van der Waals surface area contributed by atoms with Gasteiger partial charge in [-0.05, 0) is 38.0 Å². The van der Waals surface area contributed by atoms with E-state index in [1.54, 1.807) is 0 Å². The molecule has 19 heavy (non-hydrogen) atoms. The molecule has 1 N–H and O–H groups in total. The molecule has 0 radical (unpaired) electrons. The van der Waals surface area contributed by atoms with Crippen molar-refractivity contribution in [3.05, 3.63) is 0 Å². The van der Waals surface area contributed by atoms with Crippen LogP contribution in [-0.2, 0) is 9.47 Å². The summed E-state index contributed by atoms with van der Waals surface area (Å²) >= 11 is 2.17. The van der Waals surface area contributed by atoms with Gasteiger partial charge in [-0.1, -0.05) is 12.8 Å². The molecule has 0 aromatic heterocycles. The summed E-state index contributed by atoms with van der Waals surface area (Å²) in [6.45, 7) is 1.56. The Hall–Kier alpha value is 0.230. The monoisotopic (exact) mass is 285 g/mol. The van der Waals surface area contributed by atoms with Crippen molar-refractivity contribution in [3.8, 4) is 0 Å². The van der Waals surface area contributed by atoms with Gasteiger partial charge in [0.25, 0.3) is 0 Å². The van der Waals surface area contributed by atoms with Gasteiger partial charge in [0, 0.05) is 24.1 Å². The molecule has 3 aliphatic rings. The Balaban J connectivity index is 1.55. The lowest BCUT2D eigenvalue weighted by Crippen LogP contribution is -2.49. The maximum atomic E-state index is 5.91. The minimum atomic E-state index is -0.235. The van der Waals surface area contributed by atoms with Gasteiger partial charge in [-0.25, -0.2) is 0 Å². The lowest BCUT2D eigenvalue weighted by molar-refractivity contribution is -0.177. The first-order valence-electron chi connectivity index (χ1n) is 7.88. The molecule has 3 fully saturated rings. The van der Waals surface area contributed by atoms with Gasteiger partial charge < -0.3 is 14.8 Å². The van der Waals surface area contributed by atoms with Gasteiger partial charge in [-0.2, -0.15) is 11.8 Å². The van der Waals surface area contributed by atoms with E-state index in [4.69, 9.17) is 9.47 Å². The van der Waals surface area contributed by atoms with Crippen molar-refractivity contribution < 1.29 is 9.47 Å². The van der Waals surface area contributed by atoms with E-state index in [-0.39, 0.29) is 5.79 Å². The maximum Gasteiger partial charge on any atom is 0.169 e. The minimum Gasteiger partial charge on any atom is -0.347 e. The van der Waals surface area contributed by atoms with Gasteiger partial charge in [0.1, 0.15) is 0 Å². The van der Waals surface area contributed by atoms with Crippen molar-refractivity contribution in [2.24, 2.45) is 5.92 Å². The summed E-state index contributed by atoms with van der Waals surface area (Å²) < 4.78 is 11.8. The van der Waals surface area contributed by atoms with Crippen LogP contribution in [0.5, 0.6) is 0 Å². The molecule has 1 aliphatic heterocycles. The smallest absolute Gasteiger partial charge is 0.169 e. The van der Waals surface area contributed by atoms with Crippen molar-refractivity contribution in [1.82, 2.24) is 5.32 Å². The molecule has 3 rings (SSSR count). The van der Waals surface area contributed by atoms with Gasteiger partial charge in [0.05, 0.1) is 13.2 Å². The second kappa shape index (κ2) is 6.33. The van der Waals surface area contributed by atoms with Crippen LogP contribution in [0.4, 0.5) is 0 Å². The standard InChI is InChI=1S/C15H27NO2S/c1-16-13-6-7-15(17-8-9-18-15)10-14(13)19-11-12-4-2-3-5-12/h12-14,16H,2-11H2,1H3. The van der Waals surface area contributed by atoms with E-state index in [1.807, 2.05) is 0 Å². The zero-order chi connectivity index (χ0) is 13.1. The highest BCUT2D eigenvalue weighted by molar-refractivity contribution is 7.99. The van der Waals surface area contributed by atoms with Crippen LogP contribution in [0.15, 0.2) is 0 Å². The fourth-order valence-corrected chi connectivity index (χ4v) is 5.54. The summed E-state index contributed by atoms with van der Waals surface area (Å²) in [6, 6.07) is 0.629. The Morgan fingerprint density at radius 2 is 1.89 bits per heavy atom. The van der Waals surface area contributed by atoms with Crippen molar-refractivity contribution in [2.75, 3.05) is 26.0 Å². The largest absolute Gasteiger partial charge is 0.347 e. The van der Waals surface area contributed by atoms with E-state index >= 15 is 0 Å². The summed E-state index contributed by atoms with van der Waals surface area (Å²) in [5.41, 5.74) is 0. The van der Waals surface area contributed by atoms with Crippen molar-refractivity contribution in [1.29, 1.82) is 0 Å². The van der Waals surface area contributed by atoms with Crippen LogP contribution < -0.4 is 5.32 Å². The molecule has 1 saturated heterocycles. The maximum absolute atomic E-state index is 5.91. The topological polar surface area (TPSA) is 30.5 Å². The van der Waals surface area contributed by atoms with Crippen LogP contribution in [-0.4, -0.2) is 43.1 Å². The fourth-order valence-electron chi connectivity index (χ4n) is 3.81. The van der Waals surface area contributed by atoms with Crippen molar-refractivity contribution in [3.63, 3.8) is 0 Å². The number of ether oxygens (including phenoxy) is 2. The first-order valence-corrected chi connectivity index (χ1v) is 8.93. The van der Waals surface area contributed by atoms with E-state index in [2.05, 4.69) is 24.1 Å². The van der Waals surface area contributed by atoms with E-state index in [0.29, 0.717) is 11.3 Å². The summed E-state index contributed by atoms with van der Waals surface area (Å²) in [5.74, 6) is 2.06. The summed E-state index contributed by atoms with van der Waals surface area (Å²) in [7, 11) is 2.10. The van der Waals surface area contributed by atoms with E-state index in [1.165, 1.54) is 37.9 Å². The Morgan fingerprint density at radius 1 is 1.16 bits per heavy atom. The van der Waals surface area contributed by atoms with Crippen LogP contribution >= 0.6 is 11.8 Å². The SMILES string of the molecule is CNC1CCC2(CC1SCC1CCCC1)OCCO2. The molecule has 2 atom stereocenters. The molecule has 0 amide bonds. The Kier molecular flexibility index (Phi) is 4.73. The predicted molar refractivity (Wildman–Crippen MR) is 79.5 cm³/mol. The van der Waals surface area contributed by atoms with E-state index in [0.717, 1.165) is 32.0 Å². The third-order valence-electron chi connectivity index (χ3n) is 5.00. The number of rotatable bonds is 4. The lowest BCUT2D eigenvalue weighted by Gasteiger charge is -2.41. The Morgan fingerprint density at radius 3 is 2.58 bits per heavy atom. The molecular weight excluding hydrogens is 258 g/mol. The highest BCUT2D eigenvalue weighted by atomic mass is 32.2. The molecular formula is C15H27NO2S. The predicted octanol–water partition coefficient (Wildman–Crippen LogP) is 2.79. The van der Waals surface area contributed by atoms with Gasteiger partial charge >= 0.3 is 0 Å². The second-order valence-corrected chi connectivity index (χ2v) is 7.54. The second-order valence-electron chi connectivity index (χ2n) is 6.27. The lowest BCUT2D eigenvalue weighted by atomic mass is 9.89. The third-order valence-corrected chi connectivity index (χ3v) is 6.59. The highest BCUT2D eigenvalue weighted by Crippen LogP contribution is 2.41. The first kappa shape index (κ1) is 14.2. The molecule has 2 unspecified atom stereocenters. The summed E-state index contributed by atoms with van der Waals surface area (Å²) in [6.07, 6.45) is 9.08. The summed E-state index contributed by atoms with van der Waals surface area (Å²) in [4.78, 5) is 0. The first-order chi connectivity index (χ1) is 9.31. The van der Waals surface area contributed by atoms with Gasteiger partial charge in [0.15, 0.2) is 5.79 Å². The zero-order valence-corrected chi connectivity index (χ0v) is 12.8. The van der Waals surface area contributed by atoms with E-state index in [9.17, 15) is 0 Å². The number of hydrogen-bond acceptors (Lipinski definition) is 4. The molecule has 0 aromatic carbocycles. The highest BCUT2D eigenvalue weighted by Gasteiger charge is 2.45. The molecule has 3 nitrogen and oxygen atoms in total. The van der Waals surface area contributed by atoms with Gasteiger partial charge in [0.2, 0.25) is 0 Å². The Bertz CT molecular complexity index is 288. The molecule has 0 aromatic rings. The minimum absolute atomic E-state index is 0.235. The van der Waals surface area contributed by atoms with Crippen LogP contribution in [0, 0.1) is 5.92 Å². The Labute approximate surface area is 121 Å². The quantitative estimate of drug-likeness (QED) is 0.860. The molecule has 2 aliphatic carbocycles. The zero-order valence-electron chi connectivity index (χ0n) is 12.0. The van der Waals surface area contributed by atoms with Crippen LogP contribution in [0.3, 0.4) is 0 Å². The number of hydrogen-bond donors (Lipinski definition) is 1. The van der Waals surface area contributed by atoms with Gasteiger partial charge in [-0.15, -0.1) is 0 Å². The number of nitrogens with one attached hydrogen (secondary N) is 1. The third kappa shape index (κ3) is 3.29. The average Bonchev–Trinajstić information content (AvgIpc) is 3.09. The molecule has 1 spiro atoms. The van der Waals surface area contributed by atoms with Gasteiger partial charge in [-0.3, -0.25) is 0 Å². The number of thioether (sulfide) groups is 1. The normalized spacial score (nSPS) is 35.2. The molecule has 110 valence electrons. The van der Waals surface area contributed by atoms with Crippen LogP contribution in [0.25, 0.3) is 0 Å².